The van der Waals surface area contributed by atoms with Crippen LogP contribution in [0.1, 0.15) is 39.1 Å². The minimum atomic E-state index is -4.59. The molecule has 248 valence electrons. The third-order valence-electron chi connectivity index (χ3n) is 9.82. The molecule has 0 fully saturated rings. The van der Waals surface area contributed by atoms with Crippen LogP contribution in [0.5, 0.6) is 0 Å². The maximum Gasteiger partial charge on any atom is 0.416 e. The number of rotatable bonds is 6. The van der Waals surface area contributed by atoms with Crippen LogP contribution in [-0.2, 0) is 29.1 Å². The van der Waals surface area contributed by atoms with Crippen LogP contribution in [0.15, 0.2) is 163 Å². The van der Waals surface area contributed by atoms with Crippen molar-refractivity contribution in [2.45, 2.75) is 35.5 Å². The highest BCUT2D eigenvalue weighted by Crippen LogP contribution is 2.48. The molecular formula is C43H32F3NO2S. The standard InChI is InChI=1S/C43H32F3NO2S/c44-43(45,46)35-23-25-36(26-24-35)50(48,49)42(32-15-5-2-6-16-32)41(31-13-3-1-4-14-31)47-27-33-21-19-29-11-7-9-17-37(29)39(33)40-34(28-47)22-20-30-12-8-10-18-38(30)40/h1-26,41-42H,27-28H2/t41-,42-/m1/s1. The van der Waals surface area contributed by atoms with Crippen molar-refractivity contribution in [3.05, 3.63) is 186 Å². The zero-order valence-corrected chi connectivity index (χ0v) is 27.7. The molecule has 0 radical (unpaired) electrons. The molecule has 0 aliphatic carbocycles. The molecule has 2 atom stereocenters. The van der Waals surface area contributed by atoms with Gasteiger partial charge in [0.05, 0.1) is 16.5 Å². The summed E-state index contributed by atoms with van der Waals surface area (Å²) in [6.07, 6.45) is -4.59. The molecule has 7 aromatic carbocycles. The lowest BCUT2D eigenvalue weighted by Crippen LogP contribution is -2.35. The van der Waals surface area contributed by atoms with Crippen molar-refractivity contribution in [1.82, 2.24) is 4.90 Å². The van der Waals surface area contributed by atoms with E-state index in [1.165, 1.54) is 0 Å². The van der Waals surface area contributed by atoms with E-state index in [1.807, 2.05) is 60.7 Å². The molecule has 0 unspecified atom stereocenters. The maximum atomic E-state index is 15.0. The third-order valence-corrected chi connectivity index (χ3v) is 11.9. The molecule has 1 heterocycles. The molecule has 0 aromatic heterocycles. The molecule has 0 bridgehead atoms. The van der Waals surface area contributed by atoms with Gasteiger partial charge in [-0.25, -0.2) is 8.42 Å². The Kier molecular flexibility index (Phi) is 8.05. The van der Waals surface area contributed by atoms with Gasteiger partial charge in [0.25, 0.3) is 0 Å². The van der Waals surface area contributed by atoms with E-state index in [-0.39, 0.29) is 4.90 Å². The van der Waals surface area contributed by atoms with E-state index in [1.54, 1.807) is 24.3 Å². The van der Waals surface area contributed by atoms with Crippen LogP contribution in [0.4, 0.5) is 13.2 Å². The first-order chi connectivity index (χ1) is 24.2. The largest absolute Gasteiger partial charge is 0.416 e. The average Bonchev–Trinajstić information content (AvgIpc) is 3.31. The lowest BCUT2D eigenvalue weighted by Gasteiger charge is -2.37. The molecule has 7 aromatic rings. The molecule has 3 nitrogen and oxygen atoms in total. The van der Waals surface area contributed by atoms with Gasteiger partial charge in [-0.15, -0.1) is 0 Å². The van der Waals surface area contributed by atoms with Gasteiger partial charge in [0.15, 0.2) is 9.84 Å². The Morgan fingerprint density at radius 1 is 0.520 bits per heavy atom. The summed E-state index contributed by atoms with van der Waals surface area (Å²) in [5.74, 6) is 0. The van der Waals surface area contributed by atoms with Gasteiger partial charge >= 0.3 is 6.18 Å². The van der Waals surface area contributed by atoms with Crippen LogP contribution in [0.3, 0.4) is 0 Å². The summed E-state index contributed by atoms with van der Waals surface area (Å²) in [4.78, 5) is 2.07. The lowest BCUT2D eigenvalue weighted by atomic mass is 9.88. The Bertz CT molecular complexity index is 2360. The van der Waals surface area contributed by atoms with Gasteiger partial charge in [-0.3, -0.25) is 4.90 Å². The van der Waals surface area contributed by atoms with Crippen molar-refractivity contribution in [2.24, 2.45) is 0 Å². The van der Waals surface area contributed by atoms with Gasteiger partial charge in [0, 0.05) is 13.1 Å². The van der Waals surface area contributed by atoms with Crippen LogP contribution in [0, 0.1) is 0 Å². The third kappa shape index (κ3) is 5.66. The molecule has 1 aliphatic heterocycles. The topological polar surface area (TPSA) is 37.4 Å². The van der Waals surface area contributed by atoms with E-state index in [9.17, 15) is 21.6 Å². The van der Waals surface area contributed by atoms with Crippen molar-refractivity contribution in [3.8, 4) is 11.1 Å². The normalized spacial score (nSPS) is 14.9. The molecule has 7 heteroatoms. The Hall–Kier alpha value is -5.24. The van der Waals surface area contributed by atoms with Gasteiger partial charge in [-0.05, 0) is 79.2 Å². The second-order valence-electron chi connectivity index (χ2n) is 12.8. The van der Waals surface area contributed by atoms with E-state index in [0.29, 0.717) is 18.7 Å². The number of halogens is 3. The van der Waals surface area contributed by atoms with E-state index in [2.05, 4.69) is 53.4 Å². The Balaban J connectivity index is 1.38. The highest BCUT2D eigenvalue weighted by molar-refractivity contribution is 7.91. The molecule has 0 spiro atoms. The molecule has 8 rings (SSSR count). The molecule has 50 heavy (non-hydrogen) atoms. The lowest BCUT2D eigenvalue weighted by molar-refractivity contribution is -0.137. The van der Waals surface area contributed by atoms with Crippen molar-refractivity contribution in [3.63, 3.8) is 0 Å². The fourth-order valence-corrected chi connectivity index (χ4v) is 9.55. The van der Waals surface area contributed by atoms with Crippen molar-refractivity contribution < 1.29 is 21.6 Å². The second-order valence-corrected chi connectivity index (χ2v) is 14.9. The summed E-state index contributed by atoms with van der Waals surface area (Å²) in [5, 5.41) is 3.33. The van der Waals surface area contributed by atoms with Gasteiger partial charge in [-0.2, -0.15) is 13.2 Å². The monoisotopic (exact) mass is 683 g/mol. The van der Waals surface area contributed by atoms with Crippen molar-refractivity contribution in [1.29, 1.82) is 0 Å². The molecule has 0 saturated heterocycles. The SMILES string of the molecule is O=S(=O)(c1ccc(C(F)(F)F)cc1)[C@H](c1ccccc1)[C@@H](c1ccccc1)N1Cc2ccc3ccccc3c2-c2c(ccc3ccccc23)C1. The number of alkyl halides is 3. The van der Waals surface area contributed by atoms with E-state index in [4.69, 9.17) is 0 Å². The Morgan fingerprint density at radius 3 is 1.48 bits per heavy atom. The zero-order valence-electron chi connectivity index (χ0n) is 26.9. The molecule has 0 amide bonds. The minimum Gasteiger partial charge on any atom is -0.286 e. The van der Waals surface area contributed by atoms with Crippen LogP contribution < -0.4 is 0 Å². The first kappa shape index (κ1) is 32.0. The van der Waals surface area contributed by atoms with Crippen LogP contribution in [0.25, 0.3) is 32.7 Å². The Labute approximate surface area is 289 Å². The van der Waals surface area contributed by atoms with E-state index < -0.39 is 32.9 Å². The molecule has 0 N–H and O–H groups in total. The Morgan fingerprint density at radius 2 is 0.980 bits per heavy atom. The number of fused-ring (bicyclic) bond motifs is 7. The van der Waals surface area contributed by atoms with E-state index in [0.717, 1.165) is 73.6 Å². The molecule has 1 aliphatic rings. The summed E-state index contributed by atoms with van der Waals surface area (Å²) in [5.41, 5.74) is 4.85. The zero-order chi connectivity index (χ0) is 34.5. The number of hydrogen-bond acceptors (Lipinski definition) is 3. The fourth-order valence-electron chi connectivity index (χ4n) is 7.56. The molecular weight excluding hydrogens is 652 g/mol. The second kappa shape index (κ2) is 12.6. The highest BCUT2D eigenvalue weighted by atomic mass is 32.2. The highest BCUT2D eigenvalue weighted by Gasteiger charge is 2.42. The van der Waals surface area contributed by atoms with Crippen LogP contribution in [-0.4, -0.2) is 13.3 Å². The molecule has 0 saturated carbocycles. The fraction of sp³-hybridized carbons (Fsp3) is 0.116. The van der Waals surface area contributed by atoms with Crippen molar-refractivity contribution in [2.75, 3.05) is 0 Å². The van der Waals surface area contributed by atoms with Gasteiger partial charge in [0.2, 0.25) is 0 Å². The number of sulfone groups is 1. The van der Waals surface area contributed by atoms with E-state index >= 15 is 0 Å². The summed E-state index contributed by atoms with van der Waals surface area (Å²) in [6, 6.07) is 47.0. The minimum absolute atomic E-state index is 0.159. The van der Waals surface area contributed by atoms with Crippen molar-refractivity contribution >= 4 is 31.4 Å². The smallest absolute Gasteiger partial charge is 0.286 e. The summed E-state index contributed by atoms with van der Waals surface area (Å²) >= 11 is 0. The van der Waals surface area contributed by atoms with Gasteiger partial charge < -0.3 is 0 Å². The van der Waals surface area contributed by atoms with Gasteiger partial charge in [-0.1, -0.05) is 133 Å². The summed E-state index contributed by atoms with van der Waals surface area (Å²) in [6.45, 7) is 0.878. The quantitative estimate of drug-likeness (QED) is 0.175. The predicted molar refractivity (Wildman–Crippen MR) is 193 cm³/mol. The summed E-state index contributed by atoms with van der Waals surface area (Å²) in [7, 11) is -4.26. The first-order valence-electron chi connectivity index (χ1n) is 16.5. The number of nitrogens with zero attached hydrogens (tertiary/aromatic N) is 1. The number of benzene rings is 7. The average molecular weight is 684 g/mol. The maximum absolute atomic E-state index is 15.0. The van der Waals surface area contributed by atoms with Crippen LogP contribution >= 0.6 is 0 Å². The predicted octanol–water partition coefficient (Wildman–Crippen LogP) is 11.0. The summed E-state index contributed by atoms with van der Waals surface area (Å²) < 4.78 is 70.6. The first-order valence-corrected chi connectivity index (χ1v) is 18.0. The number of hydrogen-bond donors (Lipinski definition) is 0. The van der Waals surface area contributed by atoms with Gasteiger partial charge in [0.1, 0.15) is 5.25 Å². The van der Waals surface area contributed by atoms with Crippen LogP contribution in [0.2, 0.25) is 0 Å².